The van der Waals surface area contributed by atoms with Gasteiger partial charge in [0.1, 0.15) is 0 Å². The molecule has 0 radical (unpaired) electrons. The van der Waals surface area contributed by atoms with Gasteiger partial charge in [-0.2, -0.15) is 5.10 Å². The van der Waals surface area contributed by atoms with Crippen molar-refractivity contribution in [2.45, 2.75) is 33.4 Å². The van der Waals surface area contributed by atoms with Crippen molar-refractivity contribution in [3.05, 3.63) is 87.1 Å². The molecule has 2 aromatic carbocycles. The molecule has 0 aliphatic carbocycles. The summed E-state index contributed by atoms with van der Waals surface area (Å²) < 4.78 is 3.02. The maximum atomic E-state index is 12.2. The number of carbonyl (C=O) groups excluding carboxylic acids is 1. The van der Waals surface area contributed by atoms with Crippen molar-refractivity contribution in [3.63, 3.8) is 0 Å². The van der Waals surface area contributed by atoms with Crippen LogP contribution < -0.4 is 5.32 Å². The van der Waals surface area contributed by atoms with Gasteiger partial charge in [0.15, 0.2) is 0 Å². The number of hydrogen-bond donors (Lipinski definition) is 1. The molecule has 0 aliphatic heterocycles. The van der Waals surface area contributed by atoms with Crippen LogP contribution in [-0.4, -0.2) is 15.7 Å². The standard InChI is InChI=1S/C21H22BrN3O/c1-15-10-16(2)25(24-15)14-19-5-3-4-18(11-19)13-23-21(26)12-17-6-8-20(22)9-7-17/h3-11H,12-14H2,1-2H3,(H,23,26). The molecule has 0 aliphatic rings. The topological polar surface area (TPSA) is 46.9 Å². The number of halogens is 1. The van der Waals surface area contributed by atoms with Crippen LogP contribution in [0, 0.1) is 13.8 Å². The molecule has 3 rings (SSSR count). The van der Waals surface area contributed by atoms with Gasteiger partial charge in [-0.1, -0.05) is 52.3 Å². The minimum atomic E-state index is 0.0243. The van der Waals surface area contributed by atoms with Crippen LogP contribution in [0.1, 0.15) is 28.1 Å². The molecule has 0 spiro atoms. The summed E-state index contributed by atoms with van der Waals surface area (Å²) in [4.78, 5) is 12.2. The molecule has 0 fully saturated rings. The molecular formula is C21H22BrN3O. The monoisotopic (exact) mass is 411 g/mol. The summed E-state index contributed by atoms with van der Waals surface area (Å²) >= 11 is 3.40. The van der Waals surface area contributed by atoms with E-state index in [-0.39, 0.29) is 5.91 Å². The van der Waals surface area contributed by atoms with E-state index in [0.717, 1.165) is 33.5 Å². The van der Waals surface area contributed by atoms with Gasteiger partial charge in [-0.05, 0) is 48.7 Å². The minimum absolute atomic E-state index is 0.0243. The average Bonchev–Trinajstić information content (AvgIpc) is 2.93. The second-order valence-corrected chi connectivity index (χ2v) is 7.40. The number of aromatic nitrogens is 2. The van der Waals surface area contributed by atoms with Crippen molar-refractivity contribution in [2.75, 3.05) is 0 Å². The van der Waals surface area contributed by atoms with Crippen LogP contribution in [0.4, 0.5) is 0 Å². The molecule has 1 aromatic heterocycles. The van der Waals surface area contributed by atoms with Crippen molar-refractivity contribution in [2.24, 2.45) is 0 Å². The van der Waals surface area contributed by atoms with E-state index in [1.807, 2.05) is 48.0 Å². The van der Waals surface area contributed by atoms with Crippen molar-refractivity contribution in [1.82, 2.24) is 15.1 Å². The Morgan fingerprint density at radius 1 is 1.04 bits per heavy atom. The minimum Gasteiger partial charge on any atom is -0.352 e. The summed E-state index contributed by atoms with van der Waals surface area (Å²) in [6, 6.07) is 18.2. The molecule has 0 saturated carbocycles. The summed E-state index contributed by atoms with van der Waals surface area (Å²) in [6.07, 6.45) is 0.388. The molecule has 134 valence electrons. The first-order valence-electron chi connectivity index (χ1n) is 8.59. The Morgan fingerprint density at radius 2 is 1.77 bits per heavy atom. The normalized spacial score (nSPS) is 10.7. The van der Waals surface area contributed by atoms with E-state index in [9.17, 15) is 4.79 Å². The third-order valence-electron chi connectivity index (χ3n) is 4.19. The Labute approximate surface area is 162 Å². The number of amides is 1. The van der Waals surface area contributed by atoms with E-state index in [4.69, 9.17) is 0 Å². The smallest absolute Gasteiger partial charge is 0.224 e. The fourth-order valence-corrected chi connectivity index (χ4v) is 3.16. The molecule has 1 N–H and O–H groups in total. The predicted octanol–water partition coefficient (Wildman–Crippen LogP) is 4.17. The first kappa shape index (κ1) is 18.4. The van der Waals surface area contributed by atoms with Crippen molar-refractivity contribution in [1.29, 1.82) is 0 Å². The van der Waals surface area contributed by atoms with Gasteiger partial charge in [-0.25, -0.2) is 0 Å². The molecular weight excluding hydrogens is 390 g/mol. The summed E-state index contributed by atoms with van der Waals surface area (Å²) in [7, 11) is 0. The lowest BCUT2D eigenvalue weighted by molar-refractivity contribution is -0.120. The van der Waals surface area contributed by atoms with Crippen LogP contribution in [0.3, 0.4) is 0 Å². The lowest BCUT2D eigenvalue weighted by Gasteiger charge is -2.09. The molecule has 1 amide bonds. The highest BCUT2D eigenvalue weighted by atomic mass is 79.9. The van der Waals surface area contributed by atoms with Gasteiger partial charge < -0.3 is 5.32 Å². The van der Waals surface area contributed by atoms with Gasteiger partial charge in [0.05, 0.1) is 18.7 Å². The fourth-order valence-electron chi connectivity index (χ4n) is 2.90. The second kappa shape index (κ2) is 8.32. The Bertz CT molecular complexity index is 900. The van der Waals surface area contributed by atoms with Crippen molar-refractivity contribution >= 4 is 21.8 Å². The number of carbonyl (C=O) groups is 1. The average molecular weight is 412 g/mol. The number of aryl methyl sites for hydroxylation is 2. The molecule has 0 saturated heterocycles. The van der Waals surface area contributed by atoms with E-state index in [1.54, 1.807) is 0 Å². The highest BCUT2D eigenvalue weighted by Gasteiger charge is 2.05. The Morgan fingerprint density at radius 3 is 2.46 bits per heavy atom. The van der Waals surface area contributed by atoms with Crippen LogP contribution in [0.2, 0.25) is 0 Å². The van der Waals surface area contributed by atoms with Crippen LogP contribution in [0.15, 0.2) is 59.1 Å². The van der Waals surface area contributed by atoms with E-state index >= 15 is 0 Å². The number of nitrogens with one attached hydrogen (secondary N) is 1. The van der Waals surface area contributed by atoms with Gasteiger partial charge in [0, 0.05) is 16.7 Å². The van der Waals surface area contributed by atoms with E-state index in [2.05, 4.69) is 51.5 Å². The quantitative estimate of drug-likeness (QED) is 0.661. The molecule has 1 heterocycles. The predicted molar refractivity (Wildman–Crippen MR) is 107 cm³/mol. The zero-order chi connectivity index (χ0) is 18.5. The summed E-state index contributed by atoms with van der Waals surface area (Å²) in [5.74, 6) is 0.0243. The first-order chi connectivity index (χ1) is 12.5. The molecule has 4 nitrogen and oxygen atoms in total. The van der Waals surface area contributed by atoms with E-state index in [1.165, 1.54) is 5.56 Å². The Balaban J connectivity index is 1.57. The lowest BCUT2D eigenvalue weighted by atomic mass is 10.1. The molecule has 26 heavy (non-hydrogen) atoms. The van der Waals surface area contributed by atoms with Gasteiger partial charge in [0.25, 0.3) is 0 Å². The lowest BCUT2D eigenvalue weighted by Crippen LogP contribution is -2.24. The first-order valence-corrected chi connectivity index (χ1v) is 9.39. The highest BCUT2D eigenvalue weighted by Crippen LogP contribution is 2.12. The van der Waals surface area contributed by atoms with Crippen LogP contribution in [-0.2, 0) is 24.3 Å². The van der Waals surface area contributed by atoms with Crippen molar-refractivity contribution in [3.8, 4) is 0 Å². The van der Waals surface area contributed by atoms with E-state index in [0.29, 0.717) is 13.0 Å². The van der Waals surface area contributed by atoms with Gasteiger partial charge in [-0.3, -0.25) is 9.48 Å². The second-order valence-electron chi connectivity index (χ2n) is 6.48. The fraction of sp³-hybridized carbons (Fsp3) is 0.238. The molecule has 0 unspecified atom stereocenters. The molecule has 0 bridgehead atoms. The zero-order valence-corrected chi connectivity index (χ0v) is 16.6. The largest absolute Gasteiger partial charge is 0.352 e. The number of nitrogens with zero attached hydrogens (tertiary/aromatic N) is 2. The van der Waals surface area contributed by atoms with Gasteiger partial charge in [0.2, 0.25) is 5.91 Å². The third kappa shape index (κ3) is 5.05. The number of benzene rings is 2. The van der Waals surface area contributed by atoms with Crippen LogP contribution in [0.25, 0.3) is 0 Å². The maximum Gasteiger partial charge on any atom is 0.224 e. The van der Waals surface area contributed by atoms with Crippen molar-refractivity contribution < 1.29 is 4.79 Å². The molecule has 5 heteroatoms. The highest BCUT2D eigenvalue weighted by molar-refractivity contribution is 9.10. The maximum absolute atomic E-state index is 12.2. The number of rotatable bonds is 6. The van der Waals surface area contributed by atoms with Crippen LogP contribution >= 0.6 is 15.9 Å². The number of hydrogen-bond acceptors (Lipinski definition) is 2. The van der Waals surface area contributed by atoms with E-state index < -0.39 is 0 Å². The Hall–Kier alpha value is -2.40. The summed E-state index contributed by atoms with van der Waals surface area (Å²) in [5.41, 5.74) is 5.45. The molecule has 3 aromatic rings. The third-order valence-corrected chi connectivity index (χ3v) is 4.72. The van der Waals surface area contributed by atoms with Gasteiger partial charge in [-0.15, -0.1) is 0 Å². The zero-order valence-electron chi connectivity index (χ0n) is 15.0. The summed E-state index contributed by atoms with van der Waals surface area (Å²) in [5, 5.41) is 7.50. The Kier molecular flexibility index (Phi) is 5.89. The summed E-state index contributed by atoms with van der Waals surface area (Å²) in [6.45, 7) is 5.33. The molecule has 0 atom stereocenters. The van der Waals surface area contributed by atoms with Gasteiger partial charge >= 0.3 is 0 Å². The van der Waals surface area contributed by atoms with Crippen LogP contribution in [0.5, 0.6) is 0 Å². The SMILES string of the molecule is Cc1cc(C)n(Cc2cccc(CNC(=O)Cc3ccc(Br)cc3)c2)n1.